The molecular weight excluding hydrogens is 258 g/mol. The van der Waals surface area contributed by atoms with E-state index < -0.39 is 5.97 Å². The zero-order valence-electron chi connectivity index (χ0n) is 11.3. The Bertz CT molecular complexity index is 630. The molecule has 0 spiro atoms. The highest BCUT2D eigenvalue weighted by Gasteiger charge is 2.14. The molecule has 0 aliphatic carbocycles. The van der Waals surface area contributed by atoms with Crippen molar-refractivity contribution in [3.8, 4) is 5.82 Å². The Balaban J connectivity index is 2.24. The van der Waals surface area contributed by atoms with E-state index in [9.17, 15) is 4.79 Å². The van der Waals surface area contributed by atoms with Gasteiger partial charge >= 0.3 is 5.97 Å². The molecule has 2 aromatic rings. The molecule has 0 aliphatic rings. The van der Waals surface area contributed by atoms with Crippen molar-refractivity contribution >= 4 is 12.0 Å². The Hall–Kier alpha value is -2.47. The SMILES string of the molecule is COC/C=C/c1ccc(-n2ncc(C(=O)O)c2C)nc1. The summed E-state index contributed by atoms with van der Waals surface area (Å²) in [6, 6.07) is 3.67. The van der Waals surface area contributed by atoms with Crippen molar-refractivity contribution in [1.29, 1.82) is 0 Å². The highest BCUT2D eigenvalue weighted by molar-refractivity contribution is 5.88. The molecule has 0 unspecified atom stereocenters. The molecule has 0 saturated heterocycles. The van der Waals surface area contributed by atoms with Crippen LogP contribution in [0.2, 0.25) is 0 Å². The van der Waals surface area contributed by atoms with Crippen LogP contribution in [0.4, 0.5) is 0 Å². The van der Waals surface area contributed by atoms with Crippen LogP contribution >= 0.6 is 0 Å². The van der Waals surface area contributed by atoms with Gasteiger partial charge in [-0.1, -0.05) is 12.2 Å². The van der Waals surface area contributed by atoms with E-state index in [1.807, 2.05) is 18.2 Å². The number of rotatable bonds is 5. The third-order valence-electron chi connectivity index (χ3n) is 2.80. The summed E-state index contributed by atoms with van der Waals surface area (Å²) in [7, 11) is 1.63. The van der Waals surface area contributed by atoms with Gasteiger partial charge in [-0.25, -0.2) is 14.5 Å². The third kappa shape index (κ3) is 2.92. The monoisotopic (exact) mass is 273 g/mol. The molecule has 0 amide bonds. The molecule has 0 fully saturated rings. The van der Waals surface area contributed by atoms with E-state index in [2.05, 4.69) is 10.1 Å². The van der Waals surface area contributed by atoms with Gasteiger partial charge in [0.1, 0.15) is 5.56 Å². The lowest BCUT2D eigenvalue weighted by atomic mass is 10.2. The number of methoxy groups -OCH3 is 1. The predicted molar refractivity (Wildman–Crippen MR) is 74.0 cm³/mol. The molecule has 2 heterocycles. The van der Waals surface area contributed by atoms with Crippen LogP contribution in [0.25, 0.3) is 11.9 Å². The maximum Gasteiger partial charge on any atom is 0.339 e. The zero-order chi connectivity index (χ0) is 14.5. The summed E-state index contributed by atoms with van der Waals surface area (Å²) in [5.74, 6) is -0.410. The Morgan fingerprint density at radius 3 is 2.80 bits per heavy atom. The summed E-state index contributed by atoms with van der Waals surface area (Å²) in [5, 5.41) is 13.0. The number of aromatic nitrogens is 3. The standard InChI is InChI=1S/C14H15N3O3/c1-10-12(14(18)19)9-16-17(10)13-6-5-11(8-15-13)4-3-7-20-2/h3-6,8-9H,7H2,1-2H3,(H,18,19)/b4-3+. The van der Waals surface area contributed by atoms with Crippen molar-refractivity contribution in [3.05, 3.63) is 47.4 Å². The van der Waals surface area contributed by atoms with Gasteiger partial charge in [0, 0.05) is 13.3 Å². The molecule has 1 N–H and O–H groups in total. The summed E-state index contributed by atoms with van der Waals surface area (Å²) in [5.41, 5.74) is 1.66. The molecule has 0 atom stereocenters. The van der Waals surface area contributed by atoms with Crippen LogP contribution in [-0.2, 0) is 4.74 Å². The fraction of sp³-hybridized carbons (Fsp3) is 0.214. The highest BCUT2D eigenvalue weighted by Crippen LogP contribution is 2.13. The summed E-state index contributed by atoms with van der Waals surface area (Å²) in [6.45, 7) is 2.24. The number of carboxylic acids is 1. The minimum atomic E-state index is -0.993. The van der Waals surface area contributed by atoms with E-state index in [0.717, 1.165) is 5.56 Å². The van der Waals surface area contributed by atoms with Crippen LogP contribution in [-0.4, -0.2) is 39.6 Å². The molecule has 2 rings (SSSR count). The van der Waals surface area contributed by atoms with Crippen molar-refractivity contribution in [3.63, 3.8) is 0 Å². The number of hydrogen-bond acceptors (Lipinski definition) is 4. The van der Waals surface area contributed by atoms with Crippen LogP contribution in [0.1, 0.15) is 21.6 Å². The Labute approximate surface area is 116 Å². The van der Waals surface area contributed by atoms with E-state index in [1.165, 1.54) is 10.9 Å². The molecular formula is C14H15N3O3. The van der Waals surface area contributed by atoms with Gasteiger partial charge in [-0.2, -0.15) is 5.10 Å². The van der Waals surface area contributed by atoms with Crippen LogP contribution < -0.4 is 0 Å². The van der Waals surface area contributed by atoms with Crippen LogP contribution in [0.15, 0.2) is 30.6 Å². The average molecular weight is 273 g/mol. The molecule has 104 valence electrons. The molecule has 20 heavy (non-hydrogen) atoms. The number of pyridine rings is 1. The average Bonchev–Trinajstić information content (AvgIpc) is 2.82. The van der Waals surface area contributed by atoms with Crippen molar-refractivity contribution < 1.29 is 14.6 Å². The lowest BCUT2D eigenvalue weighted by molar-refractivity contribution is 0.0696. The summed E-state index contributed by atoms with van der Waals surface area (Å²) in [6.07, 6.45) is 6.81. The van der Waals surface area contributed by atoms with Crippen molar-refractivity contribution in [2.75, 3.05) is 13.7 Å². The number of hydrogen-bond donors (Lipinski definition) is 1. The summed E-state index contributed by atoms with van der Waals surface area (Å²) < 4.78 is 6.43. The Morgan fingerprint density at radius 1 is 1.45 bits per heavy atom. The quantitative estimate of drug-likeness (QED) is 0.900. The topological polar surface area (TPSA) is 77.2 Å². The van der Waals surface area contributed by atoms with E-state index in [1.54, 1.807) is 26.3 Å². The molecule has 0 saturated carbocycles. The number of ether oxygens (including phenoxy) is 1. The van der Waals surface area contributed by atoms with Gasteiger partial charge in [-0.3, -0.25) is 0 Å². The fourth-order valence-electron chi connectivity index (χ4n) is 1.75. The molecule has 0 bridgehead atoms. The summed E-state index contributed by atoms with van der Waals surface area (Å²) in [4.78, 5) is 15.2. The third-order valence-corrected chi connectivity index (χ3v) is 2.80. The van der Waals surface area contributed by atoms with Gasteiger partial charge in [-0.15, -0.1) is 0 Å². The number of nitrogens with zero attached hydrogens (tertiary/aromatic N) is 3. The van der Waals surface area contributed by atoms with Gasteiger partial charge < -0.3 is 9.84 Å². The Morgan fingerprint density at radius 2 is 2.25 bits per heavy atom. The second kappa shape index (κ2) is 6.12. The molecule has 0 aliphatic heterocycles. The first-order valence-corrected chi connectivity index (χ1v) is 6.03. The van der Waals surface area contributed by atoms with Crippen molar-refractivity contribution in [1.82, 2.24) is 14.8 Å². The van der Waals surface area contributed by atoms with Crippen molar-refractivity contribution in [2.24, 2.45) is 0 Å². The van der Waals surface area contributed by atoms with E-state index in [0.29, 0.717) is 18.1 Å². The van der Waals surface area contributed by atoms with Crippen LogP contribution in [0, 0.1) is 6.92 Å². The minimum absolute atomic E-state index is 0.177. The minimum Gasteiger partial charge on any atom is -0.478 e. The van der Waals surface area contributed by atoms with E-state index in [-0.39, 0.29) is 5.56 Å². The lowest BCUT2D eigenvalue weighted by Crippen LogP contribution is -2.04. The molecule has 0 radical (unpaired) electrons. The predicted octanol–water partition coefficient (Wildman–Crippen LogP) is 1.93. The Kier molecular flexibility index (Phi) is 4.27. The van der Waals surface area contributed by atoms with E-state index >= 15 is 0 Å². The van der Waals surface area contributed by atoms with Crippen molar-refractivity contribution in [2.45, 2.75) is 6.92 Å². The molecule has 0 aromatic carbocycles. The highest BCUT2D eigenvalue weighted by atomic mass is 16.5. The normalized spacial score (nSPS) is 11.1. The largest absolute Gasteiger partial charge is 0.478 e. The first-order valence-electron chi connectivity index (χ1n) is 6.03. The molecule has 2 aromatic heterocycles. The van der Waals surface area contributed by atoms with E-state index in [4.69, 9.17) is 9.84 Å². The van der Waals surface area contributed by atoms with Gasteiger partial charge in [0.15, 0.2) is 5.82 Å². The zero-order valence-corrected chi connectivity index (χ0v) is 11.3. The fourth-order valence-corrected chi connectivity index (χ4v) is 1.75. The second-order valence-corrected chi connectivity index (χ2v) is 4.17. The van der Waals surface area contributed by atoms with Gasteiger partial charge in [-0.05, 0) is 24.6 Å². The number of carboxylic acid groups (broad SMARTS) is 1. The van der Waals surface area contributed by atoms with Crippen LogP contribution in [0.3, 0.4) is 0 Å². The number of carbonyl (C=O) groups is 1. The lowest BCUT2D eigenvalue weighted by Gasteiger charge is -2.03. The first-order chi connectivity index (χ1) is 9.63. The van der Waals surface area contributed by atoms with Gasteiger partial charge in [0.05, 0.1) is 18.5 Å². The molecule has 6 heteroatoms. The maximum atomic E-state index is 11.0. The van der Waals surface area contributed by atoms with Crippen LogP contribution in [0.5, 0.6) is 0 Å². The number of aromatic carboxylic acids is 1. The smallest absolute Gasteiger partial charge is 0.339 e. The molecule has 6 nitrogen and oxygen atoms in total. The van der Waals surface area contributed by atoms with Gasteiger partial charge in [0.2, 0.25) is 0 Å². The maximum absolute atomic E-state index is 11.0. The second-order valence-electron chi connectivity index (χ2n) is 4.17. The van der Waals surface area contributed by atoms with Gasteiger partial charge in [0.25, 0.3) is 0 Å². The first kappa shape index (κ1) is 14.0. The summed E-state index contributed by atoms with van der Waals surface area (Å²) >= 11 is 0.